The Morgan fingerprint density at radius 3 is 2.16 bits per heavy atom. The van der Waals surface area contributed by atoms with Crippen molar-refractivity contribution in [1.82, 2.24) is 0 Å². The van der Waals surface area contributed by atoms with Gasteiger partial charge in [0.2, 0.25) is 17.7 Å². The van der Waals surface area contributed by atoms with Gasteiger partial charge in [-0.3, -0.25) is 19.3 Å². The molecule has 1 atom stereocenters. The standard InChI is InChI=1S/C19H19N3O3/c1-13(23)20-14-7-9-15(10-8-14)21-19(25)17-11-12-18(24)22(17)16-5-3-2-4-6-16/h2-10,17H,11-12H2,1H3,(H,20,23)(H,21,25). The van der Waals surface area contributed by atoms with E-state index in [1.807, 2.05) is 30.3 Å². The molecule has 2 aromatic carbocycles. The van der Waals surface area contributed by atoms with Gasteiger partial charge >= 0.3 is 0 Å². The van der Waals surface area contributed by atoms with E-state index in [2.05, 4.69) is 10.6 Å². The van der Waals surface area contributed by atoms with E-state index in [1.165, 1.54) is 6.92 Å². The molecule has 0 aromatic heterocycles. The lowest BCUT2D eigenvalue weighted by molar-refractivity contribution is -0.120. The molecule has 3 amide bonds. The summed E-state index contributed by atoms with van der Waals surface area (Å²) in [6.07, 6.45) is 0.845. The van der Waals surface area contributed by atoms with Crippen molar-refractivity contribution in [1.29, 1.82) is 0 Å². The van der Waals surface area contributed by atoms with Crippen molar-refractivity contribution in [2.24, 2.45) is 0 Å². The maximum Gasteiger partial charge on any atom is 0.247 e. The molecule has 1 aliphatic heterocycles. The lowest BCUT2D eigenvalue weighted by Crippen LogP contribution is -2.41. The minimum absolute atomic E-state index is 0.0487. The van der Waals surface area contributed by atoms with Crippen LogP contribution < -0.4 is 15.5 Å². The maximum absolute atomic E-state index is 12.6. The number of para-hydroxylation sites is 1. The van der Waals surface area contributed by atoms with E-state index in [9.17, 15) is 14.4 Å². The Bertz CT molecular complexity index is 787. The van der Waals surface area contributed by atoms with Gasteiger partial charge in [-0.2, -0.15) is 0 Å². The molecule has 1 unspecified atom stereocenters. The molecule has 1 saturated heterocycles. The number of hydrogen-bond donors (Lipinski definition) is 2. The summed E-state index contributed by atoms with van der Waals surface area (Å²) >= 11 is 0. The molecule has 6 heteroatoms. The Balaban J connectivity index is 1.72. The summed E-state index contributed by atoms with van der Waals surface area (Å²) in [7, 11) is 0. The Morgan fingerprint density at radius 1 is 0.960 bits per heavy atom. The average molecular weight is 337 g/mol. The fourth-order valence-corrected chi connectivity index (χ4v) is 2.91. The third-order valence-electron chi connectivity index (χ3n) is 4.02. The van der Waals surface area contributed by atoms with Crippen molar-refractivity contribution < 1.29 is 14.4 Å². The molecular formula is C19H19N3O3. The Morgan fingerprint density at radius 2 is 1.56 bits per heavy atom. The van der Waals surface area contributed by atoms with E-state index in [0.29, 0.717) is 24.2 Å². The van der Waals surface area contributed by atoms with Gasteiger partial charge in [-0.25, -0.2) is 0 Å². The summed E-state index contributed by atoms with van der Waals surface area (Å²) in [6, 6.07) is 15.5. The van der Waals surface area contributed by atoms with E-state index in [-0.39, 0.29) is 17.7 Å². The topological polar surface area (TPSA) is 78.5 Å². The normalized spacial score (nSPS) is 16.6. The zero-order valence-electron chi connectivity index (χ0n) is 13.9. The van der Waals surface area contributed by atoms with Gasteiger partial charge < -0.3 is 10.6 Å². The van der Waals surface area contributed by atoms with Crippen LogP contribution >= 0.6 is 0 Å². The first kappa shape index (κ1) is 16.7. The number of carbonyl (C=O) groups is 3. The fraction of sp³-hybridized carbons (Fsp3) is 0.211. The van der Waals surface area contributed by atoms with Gasteiger partial charge in [0.15, 0.2) is 0 Å². The molecular weight excluding hydrogens is 318 g/mol. The molecule has 1 aliphatic rings. The first-order chi connectivity index (χ1) is 12.0. The second-order valence-electron chi connectivity index (χ2n) is 5.90. The molecule has 0 saturated carbocycles. The highest BCUT2D eigenvalue weighted by atomic mass is 16.2. The van der Waals surface area contributed by atoms with Crippen molar-refractivity contribution >= 4 is 34.8 Å². The highest BCUT2D eigenvalue weighted by Crippen LogP contribution is 2.27. The van der Waals surface area contributed by atoms with Gasteiger partial charge in [-0.15, -0.1) is 0 Å². The molecule has 128 valence electrons. The fourth-order valence-electron chi connectivity index (χ4n) is 2.91. The van der Waals surface area contributed by atoms with Crippen molar-refractivity contribution in [3.63, 3.8) is 0 Å². The maximum atomic E-state index is 12.6. The monoisotopic (exact) mass is 337 g/mol. The first-order valence-corrected chi connectivity index (χ1v) is 8.10. The Labute approximate surface area is 145 Å². The molecule has 0 radical (unpaired) electrons. The van der Waals surface area contributed by atoms with Crippen LogP contribution in [0.25, 0.3) is 0 Å². The van der Waals surface area contributed by atoms with Gasteiger partial charge in [0.1, 0.15) is 6.04 Å². The van der Waals surface area contributed by atoms with E-state index in [0.717, 1.165) is 5.69 Å². The van der Waals surface area contributed by atoms with E-state index >= 15 is 0 Å². The zero-order valence-corrected chi connectivity index (χ0v) is 13.9. The smallest absolute Gasteiger partial charge is 0.247 e. The number of anilines is 3. The molecule has 1 fully saturated rings. The highest BCUT2D eigenvalue weighted by Gasteiger charge is 2.36. The van der Waals surface area contributed by atoms with Crippen molar-refractivity contribution in [3.8, 4) is 0 Å². The summed E-state index contributed by atoms with van der Waals surface area (Å²) in [4.78, 5) is 37.4. The molecule has 0 aliphatic carbocycles. The number of carbonyl (C=O) groups excluding carboxylic acids is 3. The number of nitrogens with one attached hydrogen (secondary N) is 2. The van der Waals surface area contributed by atoms with Crippen LogP contribution in [-0.4, -0.2) is 23.8 Å². The highest BCUT2D eigenvalue weighted by molar-refractivity contribution is 6.07. The van der Waals surface area contributed by atoms with Crippen LogP contribution in [0.5, 0.6) is 0 Å². The van der Waals surface area contributed by atoms with Gasteiger partial charge in [0.25, 0.3) is 0 Å². The summed E-state index contributed by atoms with van der Waals surface area (Å²) in [5.74, 6) is -0.422. The van der Waals surface area contributed by atoms with Crippen LogP contribution in [0.3, 0.4) is 0 Å². The van der Waals surface area contributed by atoms with Crippen LogP contribution in [0.2, 0.25) is 0 Å². The van der Waals surface area contributed by atoms with Crippen molar-refractivity contribution in [2.75, 3.05) is 15.5 Å². The van der Waals surface area contributed by atoms with Crippen LogP contribution in [0.4, 0.5) is 17.1 Å². The first-order valence-electron chi connectivity index (χ1n) is 8.10. The Kier molecular flexibility index (Phi) is 4.79. The number of amides is 3. The lowest BCUT2D eigenvalue weighted by Gasteiger charge is -2.24. The minimum Gasteiger partial charge on any atom is -0.326 e. The lowest BCUT2D eigenvalue weighted by atomic mass is 10.2. The quantitative estimate of drug-likeness (QED) is 0.900. The average Bonchev–Trinajstić information content (AvgIpc) is 2.99. The largest absolute Gasteiger partial charge is 0.326 e. The Hall–Kier alpha value is -3.15. The third-order valence-corrected chi connectivity index (χ3v) is 4.02. The van der Waals surface area contributed by atoms with Crippen LogP contribution in [0.15, 0.2) is 54.6 Å². The summed E-state index contributed by atoms with van der Waals surface area (Å²) in [5.41, 5.74) is 2.00. The van der Waals surface area contributed by atoms with E-state index in [4.69, 9.17) is 0 Å². The van der Waals surface area contributed by atoms with E-state index in [1.54, 1.807) is 29.2 Å². The molecule has 6 nitrogen and oxygen atoms in total. The minimum atomic E-state index is -0.523. The summed E-state index contributed by atoms with van der Waals surface area (Å²) in [5, 5.41) is 5.51. The molecule has 1 heterocycles. The number of nitrogens with zero attached hydrogens (tertiary/aromatic N) is 1. The SMILES string of the molecule is CC(=O)Nc1ccc(NC(=O)C2CCC(=O)N2c2ccccc2)cc1. The van der Waals surface area contributed by atoms with Gasteiger partial charge in [0, 0.05) is 30.4 Å². The van der Waals surface area contributed by atoms with Gasteiger partial charge in [0.05, 0.1) is 0 Å². The zero-order chi connectivity index (χ0) is 17.8. The van der Waals surface area contributed by atoms with Gasteiger partial charge in [-0.05, 0) is 42.8 Å². The molecule has 25 heavy (non-hydrogen) atoms. The van der Waals surface area contributed by atoms with Crippen LogP contribution in [-0.2, 0) is 14.4 Å². The van der Waals surface area contributed by atoms with Crippen molar-refractivity contribution in [2.45, 2.75) is 25.8 Å². The van der Waals surface area contributed by atoms with Gasteiger partial charge in [-0.1, -0.05) is 18.2 Å². The molecule has 3 rings (SSSR count). The molecule has 2 N–H and O–H groups in total. The molecule has 2 aromatic rings. The number of hydrogen-bond acceptors (Lipinski definition) is 3. The van der Waals surface area contributed by atoms with Crippen molar-refractivity contribution in [3.05, 3.63) is 54.6 Å². The predicted molar refractivity (Wildman–Crippen MR) is 96.3 cm³/mol. The third kappa shape index (κ3) is 3.85. The summed E-state index contributed by atoms with van der Waals surface area (Å²) in [6.45, 7) is 1.44. The van der Waals surface area contributed by atoms with Crippen LogP contribution in [0.1, 0.15) is 19.8 Å². The summed E-state index contributed by atoms with van der Waals surface area (Å²) < 4.78 is 0. The number of rotatable bonds is 4. The second-order valence-corrected chi connectivity index (χ2v) is 5.90. The number of benzene rings is 2. The molecule has 0 bridgehead atoms. The van der Waals surface area contributed by atoms with E-state index < -0.39 is 6.04 Å². The van der Waals surface area contributed by atoms with Crippen LogP contribution in [0, 0.1) is 0 Å². The molecule has 0 spiro atoms. The predicted octanol–water partition coefficient (Wildman–Crippen LogP) is 2.78. The second kappa shape index (κ2) is 7.17.